The molecule has 0 fully saturated rings. The van der Waals surface area contributed by atoms with E-state index in [-0.39, 0.29) is 33.8 Å². The Morgan fingerprint density at radius 2 is 0.587 bits per heavy atom. The molecule has 0 atom stereocenters. The highest BCUT2D eigenvalue weighted by Crippen LogP contribution is 2.56. The van der Waals surface area contributed by atoms with Crippen molar-refractivity contribution in [2.45, 2.75) is 52.4 Å². The predicted octanol–water partition coefficient (Wildman–Crippen LogP) is 26.2. The van der Waals surface area contributed by atoms with Crippen molar-refractivity contribution in [1.29, 1.82) is 0 Å². The number of hydrogen-bond donors (Lipinski definition) is 0. The third-order valence-electron chi connectivity index (χ3n) is 20.3. The van der Waals surface area contributed by atoms with Gasteiger partial charge in [-0.25, -0.2) is 0 Å². The van der Waals surface area contributed by atoms with Gasteiger partial charge in [0.1, 0.15) is 0 Å². The van der Waals surface area contributed by atoms with Gasteiger partial charge in [-0.15, -0.1) is 0 Å². The maximum absolute atomic E-state index is 12.0. The van der Waals surface area contributed by atoms with Crippen LogP contribution in [-0.2, 0) is 10.8 Å². The van der Waals surface area contributed by atoms with Crippen molar-refractivity contribution in [3.8, 4) is 89.3 Å². The van der Waals surface area contributed by atoms with Crippen LogP contribution in [0.5, 0.6) is 0 Å². The number of para-hydroxylation sites is 2. The Labute approximate surface area is 687 Å². The third kappa shape index (κ3) is 11.0. The second-order valence-electron chi connectivity index (χ2n) is 28.9. The number of rotatable bonds is 11. The fourth-order valence-electron chi connectivity index (χ4n) is 15.2. The van der Waals surface area contributed by atoms with Gasteiger partial charge in [0.2, 0.25) is 0 Å². The minimum absolute atomic E-state index is 0.0448. The monoisotopic (exact) mass is 1430 g/mol. The third-order valence-corrected chi connectivity index (χ3v) is 20.3. The van der Waals surface area contributed by atoms with E-state index < -0.39 is 334 Å². The Morgan fingerprint density at radius 3 is 0.936 bits per heavy atom. The quantitative estimate of drug-likeness (QED) is 0.120. The molecule has 0 bridgehead atoms. The van der Waals surface area contributed by atoms with Crippen LogP contribution in [0, 0.1) is 0 Å². The molecule has 2 aliphatic rings. The van der Waals surface area contributed by atoms with Gasteiger partial charge in [-0.1, -0.05) is 314 Å². The van der Waals surface area contributed by atoms with Gasteiger partial charge in [-0.2, -0.15) is 0 Å². The molecule has 0 amide bonds. The first-order chi connectivity index (χ1) is 67.9. The van der Waals surface area contributed by atoms with E-state index in [1.165, 1.54) is 12.1 Å². The number of nitrogens with zero attached hydrogens (tertiary/aromatic N) is 4. The lowest BCUT2D eigenvalue weighted by molar-refractivity contribution is 0.590. The highest BCUT2D eigenvalue weighted by Gasteiger charge is 2.46. The molecular formula is C104H79BN4. The van der Waals surface area contributed by atoms with Crippen LogP contribution < -0.4 is 26.2 Å². The Hall–Kier alpha value is -13.2. The number of hydrogen-bond acceptors (Lipinski definition) is 2. The Bertz CT molecular complexity index is 8160. The van der Waals surface area contributed by atoms with E-state index in [4.69, 9.17) is 8.22 Å². The molecule has 0 saturated heterocycles. The zero-order valence-corrected chi connectivity index (χ0v) is 59.4. The first kappa shape index (κ1) is 38.4. The molecule has 20 rings (SSSR count). The number of anilines is 6. The molecule has 0 unspecified atom stereocenters. The molecule has 5 heteroatoms. The maximum Gasteiger partial charge on any atom is 0.252 e. The summed E-state index contributed by atoms with van der Waals surface area (Å²) in [5, 5.41) is -2.47. The van der Waals surface area contributed by atoms with Gasteiger partial charge in [0.25, 0.3) is 6.71 Å². The molecule has 518 valence electrons. The zero-order valence-electron chi connectivity index (χ0n) is 94.4. The summed E-state index contributed by atoms with van der Waals surface area (Å²) >= 11 is 0. The molecule has 4 nitrogen and oxygen atoms in total. The fourth-order valence-corrected chi connectivity index (χ4v) is 15.2. The van der Waals surface area contributed by atoms with Crippen molar-refractivity contribution in [2.24, 2.45) is 0 Å². The minimum Gasteiger partial charge on any atom is -0.310 e. The van der Waals surface area contributed by atoms with Crippen LogP contribution in [0.1, 0.15) is 101 Å². The van der Waals surface area contributed by atoms with Gasteiger partial charge in [0, 0.05) is 77.9 Å². The Balaban J connectivity index is 1.08. The van der Waals surface area contributed by atoms with Crippen LogP contribution in [0.4, 0.5) is 34.1 Å². The Kier molecular flexibility index (Phi) is 9.08. The number of benzene rings is 16. The number of aromatic nitrogens is 2. The molecule has 2 aromatic heterocycles. The van der Waals surface area contributed by atoms with E-state index in [1.807, 2.05) is 114 Å². The van der Waals surface area contributed by atoms with Crippen LogP contribution in [0.3, 0.4) is 0 Å². The second kappa shape index (κ2) is 25.8. The smallest absolute Gasteiger partial charge is 0.252 e. The topological polar surface area (TPSA) is 16.3 Å². The lowest BCUT2D eigenvalue weighted by atomic mass is 9.33. The zero-order chi connectivity index (χ0) is 104. The predicted molar refractivity (Wildman–Crippen MR) is 465 cm³/mol. The molecule has 18 aromatic rings. The van der Waals surface area contributed by atoms with Crippen LogP contribution in [0.25, 0.3) is 133 Å². The first-order valence-electron chi connectivity index (χ1n) is 52.9. The molecule has 2 aliphatic heterocycles. The fraction of sp³-hybridized carbons (Fsp3) is 0.0769. The minimum atomic E-state index is -2.03. The molecule has 0 N–H and O–H groups in total. The lowest BCUT2D eigenvalue weighted by Crippen LogP contribution is -2.61. The van der Waals surface area contributed by atoms with Crippen molar-refractivity contribution in [2.75, 3.05) is 9.80 Å². The van der Waals surface area contributed by atoms with Crippen molar-refractivity contribution < 1.29 is 48.0 Å². The van der Waals surface area contributed by atoms with Gasteiger partial charge in [0.05, 0.1) is 81.4 Å². The SMILES string of the molecule is [2H]c1c([2H])c([2H])c(-c2cc3c4c(c2)N(c2c(-c5ccccc5)cc(C(C)(C)C)cc2-c2ccccc2)c2c([2H])c(-n5c6c([2H])c([2H])c([2H])c([2H])c6c6c([2H])c(-c7c([2H])c([2H])c([2H])c([2H])c7[2H])c([2H])c([2H])c65)c([2H])c([2H])c2B4c2c([2H])c([2H])c(-n4c5c([2H])c([2H])c([2H])c([2H])c5c5c([2H])c(-c6c([2H])c([2H])c([2H])c([2H])c6[2H])c([2H])c([2H])c54)c([2H])c2N3c2c(-c3ccccc3)cc(C(C)(C)C)cc2-c2ccccc2)c([2H])c1[2H]. The average molecular weight is 1430 g/mol. The molecule has 109 heavy (non-hydrogen) atoms. The van der Waals surface area contributed by atoms with E-state index in [2.05, 4.69) is 0 Å². The second-order valence-corrected chi connectivity index (χ2v) is 28.9. The number of fused-ring (bicyclic) bond motifs is 10. The van der Waals surface area contributed by atoms with Gasteiger partial charge in [-0.3, -0.25) is 0 Å². The van der Waals surface area contributed by atoms with Gasteiger partial charge >= 0.3 is 0 Å². The van der Waals surface area contributed by atoms with Gasteiger partial charge in [0.15, 0.2) is 0 Å². The van der Waals surface area contributed by atoms with Crippen LogP contribution in [0.2, 0.25) is 0 Å². The largest absolute Gasteiger partial charge is 0.310 e. The summed E-state index contributed by atoms with van der Waals surface area (Å²) in [6, 6.07) is 14.1. The van der Waals surface area contributed by atoms with E-state index in [1.54, 1.807) is 82.6 Å². The molecule has 0 radical (unpaired) electrons. The lowest BCUT2D eigenvalue weighted by Gasteiger charge is -2.46. The van der Waals surface area contributed by atoms with Crippen molar-refractivity contribution in [3.05, 3.63) is 380 Å². The molecule has 0 spiro atoms. The molecular weight excluding hydrogens is 1320 g/mol. The molecule has 16 aromatic carbocycles. The van der Waals surface area contributed by atoms with Crippen molar-refractivity contribution in [3.63, 3.8) is 0 Å². The van der Waals surface area contributed by atoms with E-state index in [9.17, 15) is 39.8 Å². The molecule has 0 aliphatic carbocycles. The average Bonchev–Trinajstić information content (AvgIpc) is 1.10. The summed E-state index contributed by atoms with van der Waals surface area (Å²) in [4.78, 5) is 3.16. The standard InChI is InChI=1S/C104H79BN4/c1-103(2,3)78-62-84(71-38-20-10-21-39-71)101(85(63-78)72-40-22-11-23-41-72)108-96-66-80(106-92-48-30-28-46-82(92)88-58-75(50-56-94(88)106)68-32-14-7-15-33-68)52-54-90(96)105-91-55-53-81(107-93-49-31-29-47-83(93)89-59-76(51-57-95(89)107)69-34-16-8-17-35-69)67-97(91)109(99-61-77(60-98(108)100(99)105)70-36-18-9-19-37-70)102-86(73-42-24-12-25-43-73)64-79(104(4,5)6)65-87(102)74-44-26-13-27-45-74/h7-67H,1-6H3/i7D,8D,9D,14D,15D,16D,17D,18D,19D,28D,29D,30D,31D,32D,33D,34D,35D,36D,37D,46D,47D,48D,49D,50D,51D,52D,53D,54D,55D,56D,57D,58D,59D,66D,67D. The van der Waals surface area contributed by atoms with Crippen LogP contribution in [-0.4, -0.2) is 15.8 Å². The summed E-state index contributed by atoms with van der Waals surface area (Å²) in [5.41, 5.74) is -7.06. The van der Waals surface area contributed by atoms with Crippen molar-refractivity contribution >= 4 is 101 Å². The van der Waals surface area contributed by atoms with Gasteiger partial charge in [-0.05, 0) is 191 Å². The summed E-state index contributed by atoms with van der Waals surface area (Å²) in [5.74, 6) is 0. The summed E-state index contributed by atoms with van der Waals surface area (Å²) in [6.07, 6.45) is 0. The van der Waals surface area contributed by atoms with E-state index in [0.717, 1.165) is 9.13 Å². The van der Waals surface area contributed by atoms with E-state index in [0.29, 0.717) is 55.6 Å². The van der Waals surface area contributed by atoms with Crippen LogP contribution in [0.15, 0.2) is 369 Å². The van der Waals surface area contributed by atoms with Crippen LogP contribution >= 0.6 is 0 Å². The molecule has 4 heterocycles. The summed E-state index contributed by atoms with van der Waals surface area (Å²) < 4.78 is 350. The summed E-state index contributed by atoms with van der Waals surface area (Å²) in [7, 11) is 0. The van der Waals surface area contributed by atoms with Gasteiger partial charge < -0.3 is 18.9 Å². The maximum atomic E-state index is 12.0. The highest BCUT2D eigenvalue weighted by molar-refractivity contribution is 7.00. The normalized spacial score (nSPS) is 17.1. The first-order valence-corrected chi connectivity index (χ1v) is 35.4. The highest BCUT2D eigenvalue weighted by atomic mass is 15.2. The summed E-state index contributed by atoms with van der Waals surface area (Å²) in [6.45, 7) is 9.86. The Morgan fingerprint density at radius 1 is 0.266 bits per heavy atom. The molecule has 0 saturated carbocycles. The van der Waals surface area contributed by atoms with E-state index >= 15 is 0 Å². The van der Waals surface area contributed by atoms with Crippen molar-refractivity contribution in [1.82, 2.24) is 9.13 Å².